The van der Waals surface area contributed by atoms with Crippen molar-refractivity contribution in [2.75, 3.05) is 6.54 Å². The van der Waals surface area contributed by atoms with Gasteiger partial charge in [-0.2, -0.15) is 0 Å². The van der Waals surface area contributed by atoms with Crippen molar-refractivity contribution >= 4 is 16.6 Å². The van der Waals surface area contributed by atoms with Crippen molar-refractivity contribution in [1.82, 2.24) is 0 Å². The maximum Gasteiger partial charge on any atom is 0.137 e. The number of carbonyl (C=O) groups excluding carboxylic acids is 1. The summed E-state index contributed by atoms with van der Waals surface area (Å²) in [5.41, 5.74) is 6.92. The van der Waals surface area contributed by atoms with E-state index in [1.54, 1.807) is 0 Å². The SMILES string of the molecule is CC(C)CC(CN)CC(=O)Cc1cccc2ccccc12. The van der Waals surface area contributed by atoms with Gasteiger partial charge in [-0.25, -0.2) is 0 Å². The number of hydrogen-bond donors (Lipinski definition) is 1. The normalized spacial score (nSPS) is 12.8. The smallest absolute Gasteiger partial charge is 0.137 e. The third-order valence-corrected chi connectivity index (χ3v) is 3.92. The molecule has 0 amide bonds. The van der Waals surface area contributed by atoms with Gasteiger partial charge in [0.15, 0.2) is 0 Å². The molecule has 0 heterocycles. The lowest BCUT2D eigenvalue weighted by atomic mass is 9.90. The van der Waals surface area contributed by atoms with E-state index in [9.17, 15) is 4.79 Å². The molecule has 0 spiro atoms. The van der Waals surface area contributed by atoms with E-state index in [1.807, 2.05) is 18.2 Å². The molecule has 0 aliphatic heterocycles. The first-order valence-electron chi connectivity index (χ1n) is 7.78. The second-order valence-electron chi connectivity index (χ2n) is 6.29. The lowest BCUT2D eigenvalue weighted by Crippen LogP contribution is -2.20. The molecular weight excluding hydrogens is 258 g/mol. The van der Waals surface area contributed by atoms with Crippen LogP contribution in [0, 0.1) is 11.8 Å². The van der Waals surface area contributed by atoms with Crippen molar-refractivity contribution < 1.29 is 4.79 Å². The number of fused-ring (bicyclic) bond motifs is 1. The van der Waals surface area contributed by atoms with Gasteiger partial charge in [0.25, 0.3) is 0 Å². The molecule has 21 heavy (non-hydrogen) atoms. The Morgan fingerprint density at radius 2 is 1.81 bits per heavy atom. The molecule has 0 aromatic heterocycles. The van der Waals surface area contributed by atoms with E-state index in [-0.39, 0.29) is 0 Å². The van der Waals surface area contributed by atoms with Crippen LogP contribution in [0.1, 0.15) is 32.3 Å². The van der Waals surface area contributed by atoms with Crippen molar-refractivity contribution in [3.63, 3.8) is 0 Å². The number of rotatable bonds is 7. The first kappa shape index (κ1) is 15.7. The summed E-state index contributed by atoms with van der Waals surface area (Å²) in [4.78, 5) is 12.4. The van der Waals surface area contributed by atoms with E-state index in [0.717, 1.165) is 12.0 Å². The molecule has 2 aromatic rings. The molecule has 112 valence electrons. The fraction of sp³-hybridized carbons (Fsp3) is 0.421. The van der Waals surface area contributed by atoms with E-state index >= 15 is 0 Å². The average Bonchev–Trinajstić information content (AvgIpc) is 2.46. The van der Waals surface area contributed by atoms with Gasteiger partial charge in [-0.3, -0.25) is 4.79 Å². The fourth-order valence-corrected chi connectivity index (χ4v) is 2.98. The van der Waals surface area contributed by atoms with Crippen LogP contribution in [0.25, 0.3) is 10.8 Å². The zero-order valence-corrected chi connectivity index (χ0v) is 13.0. The first-order valence-corrected chi connectivity index (χ1v) is 7.78. The van der Waals surface area contributed by atoms with Gasteiger partial charge in [0, 0.05) is 12.8 Å². The minimum absolute atomic E-state index is 0.294. The van der Waals surface area contributed by atoms with Crippen LogP contribution >= 0.6 is 0 Å². The van der Waals surface area contributed by atoms with Crippen LogP contribution < -0.4 is 5.73 Å². The summed E-state index contributed by atoms with van der Waals surface area (Å²) >= 11 is 0. The number of ketones is 1. The monoisotopic (exact) mass is 283 g/mol. The van der Waals surface area contributed by atoms with Crippen LogP contribution in [0.3, 0.4) is 0 Å². The summed E-state index contributed by atoms with van der Waals surface area (Å²) < 4.78 is 0. The zero-order chi connectivity index (χ0) is 15.2. The summed E-state index contributed by atoms with van der Waals surface area (Å²) in [5.74, 6) is 1.19. The topological polar surface area (TPSA) is 43.1 Å². The van der Waals surface area contributed by atoms with Gasteiger partial charge in [-0.15, -0.1) is 0 Å². The maximum absolute atomic E-state index is 12.4. The minimum Gasteiger partial charge on any atom is -0.330 e. The second kappa shape index (κ2) is 7.37. The molecule has 2 nitrogen and oxygen atoms in total. The summed E-state index contributed by atoms with van der Waals surface area (Å²) in [7, 11) is 0. The lowest BCUT2D eigenvalue weighted by molar-refractivity contribution is -0.119. The Morgan fingerprint density at radius 3 is 2.52 bits per heavy atom. The molecule has 0 bridgehead atoms. The van der Waals surface area contributed by atoms with Gasteiger partial charge >= 0.3 is 0 Å². The zero-order valence-electron chi connectivity index (χ0n) is 13.0. The average molecular weight is 283 g/mol. The minimum atomic E-state index is 0.294. The number of hydrogen-bond acceptors (Lipinski definition) is 2. The Hall–Kier alpha value is -1.67. The molecule has 2 aromatic carbocycles. The number of benzene rings is 2. The van der Waals surface area contributed by atoms with Crippen molar-refractivity contribution in [3.8, 4) is 0 Å². The number of carbonyl (C=O) groups is 1. The van der Waals surface area contributed by atoms with Gasteiger partial charge in [-0.1, -0.05) is 56.3 Å². The molecule has 1 atom stereocenters. The molecule has 2 heteroatoms. The van der Waals surface area contributed by atoms with E-state index < -0.39 is 0 Å². The van der Waals surface area contributed by atoms with E-state index in [0.29, 0.717) is 37.0 Å². The van der Waals surface area contributed by atoms with E-state index in [4.69, 9.17) is 5.73 Å². The Kier molecular flexibility index (Phi) is 5.51. The van der Waals surface area contributed by atoms with Crippen molar-refractivity contribution in [3.05, 3.63) is 48.0 Å². The highest BCUT2D eigenvalue weighted by Gasteiger charge is 2.15. The Morgan fingerprint density at radius 1 is 1.10 bits per heavy atom. The highest BCUT2D eigenvalue weighted by atomic mass is 16.1. The Labute approximate surface area is 127 Å². The molecule has 2 rings (SSSR count). The Balaban J connectivity index is 2.07. The first-order chi connectivity index (χ1) is 10.1. The van der Waals surface area contributed by atoms with Crippen molar-refractivity contribution in [2.24, 2.45) is 17.6 Å². The van der Waals surface area contributed by atoms with Gasteiger partial charge in [0.05, 0.1) is 0 Å². The molecular formula is C19H25NO. The van der Waals surface area contributed by atoms with Crippen LogP contribution in [0.15, 0.2) is 42.5 Å². The van der Waals surface area contributed by atoms with Crippen molar-refractivity contribution in [1.29, 1.82) is 0 Å². The van der Waals surface area contributed by atoms with Gasteiger partial charge in [0.2, 0.25) is 0 Å². The summed E-state index contributed by atoms with van der Waals surface area (Å²) in [6.45, 7) is 4.95. The highest BCUT2D eigenvalue weighted by Crippen LogP contribution is 2.21. The van der Waals surface area contributed by atoms with Gasteiger partial charge in [-0.05, 0) is 41.1 Å². The predicted octanol–water partition coefficient (Wildman–Crippen LogP) is 3.96. The summed E-state index contributed by atoms with van der Waals surface area (Å²) in [5, 5.41) is 2.38. The molecule has 2 N–H and O–H groups in total. The van der Waals surface area contributed by atoms with Crippen LogP contribution in [0.5, 0.6) is 0 Å². The van der Waals surface area contributed by atoms with Crippen LogP contribution in [-0.2, 0) is 11.2 Å². The maximum atomic E-state index is 12.4. The number of Topliss-reactive ketones (excluding diaryl/α,β-unsaturated/α-hetero) is 1. The Bertz CT molecular complexity index is 598. The third kappa shape index (κ3) is 4.40. The molecule has 0 fully saturated rings. The van der Waals surface area contributed by atoms with Crippen LogP contribution in [-0.4, -0.2) is 12.3 Å². The van der Waals surface area contributed by atoms with Crippen LogP contribution in [0.2, 0.25) is 0 Å². The molecule has 0 aliphatic rings. The van der Waals surface area contributed by atoms with Gasteiger partial charge < -0.3 is 5.73 Å². The number of nitrogens with two attached hydrogens (primary N) is 1. The summed E-state index contributed by atoms with van der Waals surface area (Å²) in [6, 6.07) is 14.4. The van der Waals surface area contributed by atoms with E-state index in [2.05, 4.69) is 38.1 Å². The van der Waals surface area contributed by atoms with Crippen LogP contribution in [0.4, 0.5) is 0 Å². The summed E-state index contributed by atoms with van der Waals surface area (Å²) in [6.07, 6.45) is 2.13. The molecule has 0 saturated carbocycles. The molecule has 0 saturated heterocycles. The third-order valence-electron chi connectivity index (χ3n) is 3.92. The standard InChI is InChI=1S/C19H25NO/c1-14(2)10-15(13-20)11-18(21)12-17-8-5-7-16-6-3-4-9-19(16)17/h3-9,14-15H,10-13,20H2,1-2H3. The van der Waals surface area contributed by atoms with E-state index in [1.165, 1.54) is 10.8 Å². The fourth-order valence-electron chi connectivity index (χ4n) is 2.98. The molecule has 0 radical (unpaired) electrons. The largest absolute Gasteiger partial charge is 0.330 e. The second-order valence-corrected chi connectivity index (χ2v) is 6.29. The predicted molar refractivity (Wildman–Crippen MR) is 89.3 cm³/mol. The quantitative estimate of drug-likeness (QED) is 0.835. The molecule has 0 aliphatic carbocycles. The van der Waals surface area contributed by atoms with Gasteiger partial charge in [0.1, 0.15) is 5.78 Å². The van der Waals surface area contributed by atoms with Crippen molar-refractivity contribution in [2.45, 2.75) is 33.1 Å². The highest BCUT2D eigenvalue weighted by molar-refractivity contribution is 5.90. The molecule has 1 unspecified atom stereocenters. The lowest BCUT2D eigenvalue weighted by Gasteiger charge is -2.16.